The summed E-state index contributed by atoms with van der Waals surface area (Å²) >= 11 is 0. The molecule has 0 spiro atoms. The fourth-order valence-electron chi connectivity index (χ4n) is 5.08. The first-order chi connectivity index (χ1) is 19.2. The van der Waals surface area contributed by atoms with Crippen LogP contribution in [0.2, 0.25) is 0 Å². The van der Waals surface area contributed by atoms with Gasteiger partial charge in [-0.25, -0.2) is 4.99 Å². The lowest BCUT2D eigenvalue weighted by molar-refractivity contribution is 0.309. The quantitative estimate of drug-likeness (QED) is 0.117. The smallest absolute Gasteiger partial charge is 0.154 e. The third-order valence-corrected chi connectivity index (χ3v) is 7.17. The van der Waals surface area contributed by atoms with Crippen LogP contribution >= 0.6 is 0 Å². The summed E-state index contributed by atoms with van der Waals surface area (Å²) < 4.78 is 5.48. The van der Waals surface area contributed by atoms with E-state index in [4.69, 9.17) is 15.1 Å². The second-order valence-electron chi connectivity index (χ2n) is 10.1. The van der Waals surface area contributed by atoms with Crippen molar-refractivity contribution in [1.82, 2.24) is 4.90 Å². The van der Waals surface area contributed by atoms with Crippen molar-refractivity contribution in [3.63, 3.8) is 0 Å². The molecule has 0 saturated carbocycles. The van der Waals surface area contributed by atoms with Gasteiger partial charge in [-0.3, -0.25) is 5.41 Å². The van der Waals surface area contributed by atoms with E-state index in [9.17, 15) is 0 Å². The molecule has 0 saturated heterocycles. The Morgan fingerprint density at radius 2 is 1.52 bits per heavy atom. The Morgan fingerprint density at radius 1 is 0.925 bits per heavy atom. The zero-order chi connectivity index (χ0) is 29.2. The summed E-state index contributed by atoms with van der Waals surface area (Å²) in [6, 6.07) is 25.8. The molecule has 1 unspecified atom stereocenters. The van der Waals surface area contributed by atoms with Crippen molar-refractivity contribution in [3.8, 4) is 0 Å². The van der Waals surface area contributed by atoms with Crippen LogP contribution in [-0.2, 0) is 4.74 Å². The van der Waals surface area contributed by atoms with E-state index in [-0.39, 0.29) is 23.7 Å². The predicted octanol–water partition coefficient (Wildman–Crippen LogP) is 8.42. The molecule has 0 aliphatic rings. The summed E-state index contributed by atoms with van der Waals surface area (Å²) in [5.74, 6) is 1.76. The molecule has 0 amide bonds. The molecule has 206 valence electrons. The van der Waals surface area contributed by atoms with Crippen LogP contribution in [0.5, 0.6) is 0 Å². The Morgan fingerprint density at radius 3 is 2.08 bits per heavy atom. The zero-order valence-electron chi connectivity index (χ0n) is 24.4. The number of likely N-dealkylation sites (N-methyl/N-ethyl adjacent to an activating group) is 1. The number of nitrogens with one attached hydrogen (secondary N) is 1. The molecular formula is C36H41N3O. The van der Waals surface area contributed by atoms with Crippen LogP contribution in [0.15, 0.2) is 128 Å². The topological polar surface area (TPSA) is 48.7 Å². The van der Waals surface area contributed by atoms with Crippen molar-refractivity contribution < 1.29 is 4.74 Å². The van der Waals surface area contributed by atoms with Gasteiger partial charge in [-0.2, -0.15) is 0 Å². The number of amidine groups is 2. The molecule has 0 radical (unpaired) electrons. The van der Waals surface area contributed by atoms with Crippen molar-refractivity contribution in [2.24, 2.45) is 10.9 Å². The molecule has 4 nitrogen and oxygen atoms in total. The summed E-state index contributed by atoms with van der Waals surface area (Å²) in [7, 11) is 3.68. The van der Waals surface area contributed by atoms with E-state index in [0.29, 0.717) is 11.6 Å². The Bertz CT molecular complexity index is 1400. The third-order valence-electron chi connectivity index (χ3n) is 7.17. The average molecular weight is 532 g/mol. The van der Waals surface area contributed by atoms with Crippen molar-refractivity contribution in [2.45, 2.75) is 32.7 Å². The minimum absolute atomic E-state index is 0.0404. The molecule has 2 atom stereocenters. The summed E-state index contributed by atoms with van der Waals surface area (Å²) in [4.78, 5) is 7.10. The predicted molar refractivity (Wildman–Crippen MR) is 171 cm³/mol. The van der Waals surface area contributed by atoms with Crippen LogP contribution < -0.4 is 0 Å². The minimum atomic E-state index is -0.121. The monoisotopic (exact) mass is 531 g/mol. The van der Waals surface area contributed by atoms with Crippen LogP contribution in [0.1, 0.15) is 47.6 Å². The normalized spacial score (nSPS) is 13.1. The first-order valence-corrected chi connectivity index (χ1v) is 13.5. The maximum Gasteiger partial charge on any atom is 0.154 e. The fraction of sp³-hybridized carbons (Fsp3) is 0.222. The molecule has 0 fully saturated rings. The van der Waals surface area contributed by atoms with Gasteiger partial charge in [-0.05, 0) is 29.5 Å². The molecular weight excluding hydrogens is 490 g/mol. The molecule has 0 heterocycles. The molecule has 0 bridgehead atoms. The first-order valence-electron chi connectivity index (χ1n) is 13.5. The molecule has 0 aliphatic carbocycles. The standard InChI is InChI=1S/C36H41N3O/c1-9-10-24-32(33(25(2)3)34-26(4)18-17-23-31(34)27(5)28(6)40-8)39(7)36(30-21-15-12-16-22-30)38-35(37)29-19-13-11-14-20-29/h9-25,32-33,37H,1,5-6H2,2-4,7-8H3/b24-10?,37-35?,38-36-/t32?,33-/m1/s1. The number of ether oxygens (including phenoxy) is 1. The van der Waals surface area contributed by atoms with Gasteiger partial charge >= 0.3 is 0 Å². The van der Waals surface area contributed by atoms with Gasteiger partial charge in [0, 0.05) is 29.7 Å². The maximum absolute atomic E-state index is 8.85. The summed E-state index contributed by atoms with van der Waals surface area (Å²) in [6.45, 7) is 19.0. The van der Waals surface area contributed by atoms with E-state index in [1.165, 1.54) is 11.1 Å². The van der Waals surface area contributed by atoms with Crippen molar-refractivity contribution in [1.29, 1.82) is 5.41 Å². The van der Waals surface area contributed by atoms with Crippen molar-refractivity contribution >= 4 is 17.2 Å². The van der Waals surface area contributed by atoms with Crippen molar-refractivity contribution in [2.75, 3.05) is 14.2 Å². The average Bonchev–Trinajstić information content (AvgIpc) is 2.97. The van der Waals surface area contributed by atoms with Gasteiger partial charge in [0.05, 0.1) is 13.2 Å². The highest BCUT2D eigenvalue weighted by atomic mass is 16.5. The Balaban J connectivity index is 2.25. The Hall–Kier alpha value is -4.44. The van der Waals surface area contributed by atoms with Crippen LogP contribution in [0.25, 0.3) is 5.57 Å². The maximum atomic E-state index is 8.85. The summed E-state index contributed by atoms with van der Waals surface area (Å²) in [5.41, 5.74) is 5.85. The van der Waals surface area contributed by atoms with Crippen LogP contribution in [0.4, 0.5) is 0 Å². The van der Waals surface area contributed by atoms with Crippen LogP contribution in [-0.4, -0.2) is 36.8 Å². The van der Waals surface area contributed by atoms with Gasteiger partial charge in [0.1, 0.15) is 11.6 Å². The van der Waals surface area contributed by atoms with Gasteiger partial charge in [0.2, 0.25) is 0 Å². The molecule has 3 aromatic rings. The molecule has 0 aromatic heterocycles. The third kappa shape index (κ3) is 6.95. The van der Waals surface area contributed by atoms with E-state index in [2.05, 4.69) is 76.7 Å². The molecule has 0 aliphatic heterocycles. The lowest BCUT2D eigenvalue weighted by Crippen LogP contribution is -2.42. The van der Waals surface area contributed by atoms with Gasteiger partial charge in [0.25, 0.3) is 0 Å². The van der Waals surface area contributed by atoms with Gasteiger partial charge < -0.3 is 9.64 Å². The highest BCUT2D eigenvalue weighted by Crippen LogP contribution is 2.39. The number of aliphatic imine (C=N–C) groups is 1. The number of allylic oxidation sites excluding steroid dienone is 3. The molecule has 3 aromatic carbocycles. The zero-order valence-corrected chi connectivity index (χ0v) is 24.4. The number of rotatable bonds is 11. The molecule has 40 heavy (non-hydrogen) atoms. The summed E-state index contributed by atoms with van der Waals surface area (Å²) in [6.07, 6.45) is 5.96. The number of aryl methyl sites for hydroxylation is 1. The summed E-state index contributed by atoms with van der Waals surface area (Å²) in [5, 5.41) is 8.85. The number of methoxy groups -OCH3 is 1. The SMILES string of the molecule is C=CC=CC([C@H](c1c(C)cccc1C(=C)C(=C)OC)C(C)C)N(C)/C(=N\C(=N)c1ccccc1)c1ccccc1. The number of hydrogen-bond acceptors (Lipinski definition) is 2. The van der Waals surface area contributed by atoms with E-state index < -0.39 is 0 Å². The molecule has 3 rings (SSSR count). The van der Waals surface area contributed by atoms with Gasteiger partial charge in [-0.1, -0.05) is 131 Å². The molecule has 4 heteroatoms. The van der Waals surface area contributed by atoms with Crippen LogP contribution in [0, 0.1) is 18.3 Å². The fourth-order valence-corrected chi connectivity index (χ4v) is 5.08. The van der Waals surface area contributed by atoms with Crippen LogP contribution in [0.3, 0.4) is 0 Å². The highest BCUT2D eigenvalue weighted by molar-refractivity contribution is 6.10. The van der Waals surface area contributed by atoms with E-state index in [1.54, 1.807) is 13.2 Å². The largest absolute Gasteiger partial charge is 0.497 e. The van der Waals surface area contributed by atoms with Gasteiger partial charge in [-0.15, -0.1) is 0 Å². The highest BCUT2D eigenvalue weighted by Gasteiger charge is 2.33. The lowest BCUT2D eigenvalue weighted by atomic mass is 9.76. The van der Waals surface area contributed by atoms with E-state index >= 15 is 0 Å². The van der Waals surface area contributed by atoms with E-state index in [0.717, 1.165) is 22.3 Å². The number of benzene rings is 3. The number of nitrogens with zero attached hydrogens (tertiary/aromatic N) is 2. The lowest BCUT2D eigenvalue weighted by Gasteiger charge is -2.39. The molecule has 1 N–H and O–H groups in total. The first kappa shape index (κ1) is 30.1. The minimum Gasteiger partial charge on any atom is -0.497 e. The Labute approximate surface area is 240 Å². The van der Waals surface area contributed by atoms with Crippen molar-refractivity contribution in [3.05, 3.63) is 150 Å². The second kappa shape index (κ2) is 14.1. The van der Waals surface area contributed by atoms with Gasteiger partial charge in [0.15, 0.2) is 5.84 Å². The van der Waals surface area contributed by atoms with E-state index in [1.807, 2.05) is 66.7 Å². The second-order valence-corrected chi connectivity index (χ2v) is 10.1. The number of hydrogen-bond donors (Lipinski definition) is 1. The Kier molecular flexibility index (Phi) is 10.6.